The topological polar surface area (TPSA) is 110 Å². The number of carboxylic acids is 1. The molecule has 0 aliphatic rings. The van der Waals surface area contributed by atoms with Gasteiger partial charge in [0.1, 0.15) is 11.7 Å². The second kappa shape index (κ2) is 7.37. The molecule has 0 aromatic heterocycles. The summed E-state index contributed by atoms with van der Waals surface area (Å²) in [4.78, 5) is 32.9. The molecule has 0 saturated carbocycles. The molecule has 0 fully saturated rings. The first-order chi connectivity index (χ1) is 9.86. The van der Waals surface area contributed by atoms with E-state index in [1.165, 1.54) is 19.1 Å². The van der Waals surface area contributed by atoms with Gasteiger partial charge in [0.2, 0.25) is 0 Å². The highest BCUT2D eigenvalue weighted by molar-refractivity contribution is 5.95. The van der Waals surface area contributed by atoms with Gasteiger partial charge < -0.3 is 10.4 Å². The predicted molar refractivity (Wildman–Crippen MR) is 77.7 cm³/mol. The van der Waals surface area contributed by atoms with Crippen LogP contribution < -0.4 is 5.32 Å². The van der Waals surface area contributed by atoms with Crippen molar-refractivity contribution in [2.45, 2.75) is 39.2 Å². The highest BCUT2D eigenvalue weighted by atomic mass is 16.6. The van der Waals surface area contributed by atoms with E-state index < -0.39 is 16.9 Å². The van der Waals surface area contributed by atoms with E-state index in [0.29, 0.717) is 12.8 Å². The number of carbonyl (C=O) groups excluding carboxylic acids is 1. The highest BCUT2D eigenvalue weighted by Crippen LogP contribution is 2.27. The number of aliphatic carboxylic acids is 1. The number of nitrogens with one attached hydrogen (secondary N) is 1. The molecule has 21 heavy (non-hydrogen) atoms. The first-order valence-electron chi connectivity index (χ1n) is 6.65. The van der Waals surface area contributed by atoms with Gasteiger partial charge >= 0.3 is 5.97 Å². The number of anilines is 1. The van der Waals surface area contributed by atoms with Crippen LogP contribution in [0.15, 0.2) is 18.2 Å². The molecule has 0 spiro atoms. The molecule has 1 aromatic carbocycles. The van der Waals surface area contributed by atoms with E-state index in [9.17, 15) is 19.7 Å². The Bertz CT molecular complexity index is 556. The van der Waals surface area contributed by atoms with Gasteiger partial charge in [0.25, 0.3) is 5.69 Å². The number of carboxylic acid groups (broad SMARTS) is 1. The molecule has 0 radical (unpaired) electrons. The van der Waals surface area contributed by atoms with E-state index in [1.54, 1.807) is 0 Å². The number of benzene rings is 1. The predicted octanol–water partition coefficient (Wildman–Crippen LogP) is 2.85. The maximum Gasteiger partial charge on any atom is 0.326 e. The van der Waals surface area contributed by atoms with Crippen LogP contribution in [0.1, 0.15) is 43.5 Å². The Balaban J connectivity index is 3.07. The van der Waals surface area contributed by atoms with Crippen molar-refractivity contribution in [3.05, 3.63) is 33.9 Å². The van der Waals surface area contributed by atoms with Crippen LogP contribution in [0.3, 0.4) is 0 Å². The molecule has 0 aliphatic carbocycles. The van der Waals surface area contributed by atoms with Gasteiger partial charge in [-0.15, -0.1) is 0 Å². The van der Waals surface area contributed by atoms with Crippen molar-refractivity contribution in [3.8, 4) is 0 Å². The smallest absolute Gasteiger partial charge is 0.326 e. The van der Waals surface area contributed by atoms with Crippen molar-refractivity contribution in [1.29, 1.82) is 0 Å². The average molecular weight is 294 g/mol. The number of rotatable bonds is 8. The Morgan fingerprint density at radius 2 is 2.10 bits per heavy atom. The first-order valence-corrected chi connectivity index (χ1v) is 6.65. The molecule has 0 aliphatic heterocycles. The van der Waals surface area contributed by atoms with Crippen LogP contribution in [0.4, 0.5) is 11.4 Å². The number of ketones is 1. The first kappa shape index (κ1) is 16.6. The van der Waals surface area contributed by atoms with Crippen molar-refractivity contribution >= 4 is 23.1 Å². The number of Topliss-reactive ketones (excluding diaryl/α,β-unsaturated/α-hetero) is 1. The van der Waals surface area contributed by atoms with Gasteiger partial charge in [0.15, 0.2) is 5.78 Å². The summed E-state index contributed by atoms with van der Waals surface area (Å²) in [5.41, 5.74) is 0.0200. The SMILES string of the molecule is CCCC[C@H](Nc1ccc(C(C)=O)cc1[N+](=O)[O-])C(=O)O. The lowest BCUT2D eigenvalue weighted by atomic mass is 10.1. The van der Waals surface area contributed by atoms with Crippen molar-refractivity contribution in [2.24, 2.45) is 0 Å². The lowest BCUT2D eigenvalue weighted by Crippen LogP contribution is -2.29. The van der Waals surface area contributed by atoms with Crippen LogP contribution in [-0.4, -0.2) is 27.8 Å². The molecule has 0 amide bonds. The number of hydrogen-bond acceptors (Lipinski definition) is 5. The lowest BCUT2D eigenvalue weighted by molar-refractivity contribution is -0.384. The van der Waals surface area contributed by atoms with E-state index in [4.69, 9.17) is 5.11 Å². The Morgan fingerprint density at radius 1 is 1.43 bits per heavy atom. The number of nitrogens with zero attached hydrogens (tertiary/aromatic N) is 1. The lowest BCUT2D eigenvalue weighted by Gasteiger charge is -2.15. The van der Waals surface area contributed by atoms with Crippen LogP contribution in [0.25, 0.3) is 0 Å². The maximum absolute atomic E-state index is 11.3. The molecule has 114 valence electrons. The Hall–Kier alpha value is -2.44. The molecule has 0 unspecified atom stereocenters. The third-order valence-corrected chi connectivity index (χ3v) is 3.08. The summed E-state index contributed by atoms with van der Waals surface area (Å²) < 4.78 is 0. The number of nitro benzene ring substituents is 1. The molecule has 0 bridgehead atoms. The van der Waals surface area contributed by atoms with Gasteiger partial charge in [-0.3, -0.25) is 14.9 Å². The molecule has 2 N–H and O–H groups in total. The third-order valence-electron chi connectivity index (χ3n) is 3.08. The van der Waals surface area contributed by atoms with Gasteiger partial charge in [-0.2, -0.15) is 0 Å². The summed E-state index contributed by atoms with van der Waals surface area (Å²) >= 11 is 0. The summed E-state index contributed by atoms with van der Waals surface area (Å²) in [7, 11) is 0. The van der Waals surface area contributed by atoms with Gasteiger partial charge in [0.05, 0.1) is 4.92 Å². The molecule has 1 aromatic rings. The van der Waals surface area contributed by atoms with Crippen molar-refractivity contribution in [2.75, 3.05) is 5.32 Å². The third kappa shape index (κ3) is 4.55. The van der Waals surface area contributed by atoms with Gasteiger partial charge in [-0.25, -0.2) is 4.79 Å². The van der Waals surface area contributed by atoms with Gasteiger partial charge in [-0.1, -0.05) is 19.8 Å². The van der Waals surface area contributed by atoms with Crippen LogP contribution in [0, 0.1) is 10.1 Å². The quantitative estimate of drug-likeness (QED) is 0.433. The van der Waals surface area contributed by atoms with Gasteiger partial charge in [0, 0.05) is 11.6 Å². The Kier molecular flexibility index (Phi) is 5.83. The molecule has 0 saturated heterocycles. The van der Waals surface area contributed by atoms with Crippen molar-refractivity contribution in [1.82, 2.24) is 0 Å². The molecule has 7 nitrogen and oxygen atoms in total. The number of carbonyl (C=O) groups is 2. The van der Waals surface area contributed by atoms with Crippen LogP contribution >= 0.6 is 0 Å². The van der Waals surface area contributed by atoms with Crippen LogP contribution in [0.5, 0.6) is 0 Å². The molecular weight excluding hydrogens is 276 g/mol. The summed E-state index contributed by atoms with van der Waals surface area (Å²) in [6, 6.07) is 3.07. The second-order valence-electron chi connectivity index (χ2n) is 4.72. The van der Waals surface area contributed by atoms with Crippen molar-refractivity contribution in [3.63, 3.8) is 0 Å². The van der Waals surface area contributed by atoms with E-state index in [2.05, 4.69) is 5.32 Å². The number of nitro groups is 1. The molecule has 1 atom stereocenters. The Labute approximate surface area is 122 Å². The standard InChI is InChI=1S/C14H18N2O5/c1-3-4-5-12(14(18)19)15-11-7-6-10(9(2)17)8-13(11)16(20)21/h6-8,12,15H,3-5H2,1-2H3,(H,18,19)/t12-/m0/s1. The minimum Gasteiger partial charge on any atom is -0.480 e. The summed E-state index contributed by atoms with van der Waals surface area (Å²) in [6.07, 6.45) is 1.90. The van der Waals surface area contributed by atoms with E-state index in [-0.39, 0.29) is 22.7 Å². The van der Waals surface area contributed by atoms with E-state index in [1.807, 2.05) is 6.92 Å². The molecular formula is C14H18N2O5. The minimum atomic E-state index is -1.06. The molecule has 0 heterocycles. The fourth-order valence-electron chi connectivity index (χ4n) is 1.88. The maximum atomic E-state index is 11.3. The fraction of sp³-hybridized carbons (Fsp3) is 0.429. The highest BCUT2D eigenvalue weighted by Gasteiger charge is 2.22. The van der Waals surface area contributed by atoms with E-state index in [0.717, 1.165) is 12.5 Å². The fourth-order valence-corrected chi connectivity index (χ4v) is 1.88. The normalized spacial score (nSPS) is 11.7. The second-order valence-corrected chi connectivity index (χ2v) is 4.72. The molecule has 1 rings (SSSR count). The van der Waals surface area contributed by atoms with Crippen LogP contribution in [0.2, 0.25) is 0 Å². The number of hydrogen-bond donors (Lipinski definition) is 2. The molecule has 7 heteroatoms. The zero-order valence-electron chi connectivity index (χ0n) is 12.0. The van der Waals surface area contributed by atoms with Crippen molar-refractivity contribution < 1.29 is 19.6 Å². The van der Waals surface area contributed by atoms with E-state index >= 15 is 0 Å². The number of unbranched alkanes of at least 4 members (excludes halogenated alkanes) is 1. The summed E-state index contributed by atoms with van der Waals surface area (Å²) in [5, 5.41) is 22.9. The zero-order valence-corrected chi connectivity index (χ0v) is 12.0. The summed E-state index contributed by atoms with van der Waals surface area (Å²) in [6.45, 7) is 3.25. The average Bonchev–Trinajstić information content (AvgIpc) is 2.42. The zero-order chi connectivity index (χ0) is 16.0. The minimum absolute atomic E-state index is 0.105. The summed E-state index contributed by atoms with van der Waals surface area (Å²) in [5.74, 6) is -1.35. The van der Waals surface area contributed by atoms with Gasteiger partial charge in [-0.05, 0) is 25.5 Å². The Morgan fingerprint density at radius 3 is 2.57 bits per heavy atom. The van der Waals surface area contributed by atoms with Crippen LogP contribution in [-0.2, 0) is 4.79 Å². The monoisotopic (exact) mass is 294 g/mol. The largest absolute Gasteiger partial charge is 0.480 e.